The van der Waals surface area contributed by atoms with Crippen molar-refractivity contribution in [1.29, 1.82) is 0 Å². The number of hydrogen-bond acceptors (Lipinski definition) is 3. The van der Waals surface area contributed by atoms with Crippen LogP contribution in [-0.2, 0) is 22.6 Å². The third kappa shape index (κ3) is 7.52. The van der Waals surface area contributed by atoms with E-state index in [0.29, 0.717) is 22.2 Å². The summed E-state index contributed by atoms with van der Waals surface area (Å²) in [5.41, 5.74) is 3.83. The second-order valence-corrected chi connectivity index (χ2v) is 10.8. The molecule has 1 aliphatic carbocycles. The molecule has 200 valence electrons. The van der Waals surface area contributed by atoms with Crippen LogP contribution in [0.15, 0.2) is 66.7 Å². The number of rotatable bonds is 10. The van der Waals surface area contributed by atoms with E-state index in [0.717, 1.165) is 47.9 Å². The van der Waals surface area contributed by atoms with Crippen molar-refractivity contribution in [3.63, 3.8) is 0 Å². The van der Waals surface area contributed by atoms with E-state index in [2.05, 4.69) is 5.32 Å². The molecule has 38 heavy (non-hydrogen) atoms. The maximum absolute atomic E-state index is 13.8. The van der Waals surface area contributed by atoms with Crippen LogP contribution >= 0.6 is 23.2 Å². The first-order valence-electron chi connectivity index (χ1n) is 13.1. The monoisotopic (exact) mass is 552 g/mol. The molecule has 7 heteroatoms. The molecule has 1 saturated carbocycles. The molecule has 0 spiro atoms. The van der Waals surface area contributed by atoms with Crippen LogP contribution in [0.2, 0.25) is 10.0 Å². The lowest BCUT2D eigenvalue weighted by atomic mass is 10.0. The minimum absolute atomic E-state index is 0.133. The first-order chi connectivity index (χ1) is 18.3. The number of hydrogen-bond donors (Lipinski definition) is 1. The summed E-state index contributed by atoms with van der Waals surface area (Å²) >= 11 is 12.4. The predicted octanol–water partition coefficient (Wildman–Crippen LogP) is 6.69. The Kier molecular flexibility index (Phi) is 9.70. The van der Waals surface area contributed by atoms with Gasteiger partial charge in [0.15, 0.2) is 6.61 Å². The van der Waals surface area contributed by atoms with Gasteiger partial charge in [0.2, 0.25) is 5.91 Å². The van der Waals surface area contributed by atoms with Crippen LogP contribution in [0.3, 0.4) is 0 Å². The van der Waals surface area contributed by atoms with Crippen molar-refractivity contribution in [1.82, 2.24) is 10.2 Å². The number of amides is 2. The molecule has 0 aliphatic heterocycles. The third-order valence-corrected chi connectivity index (χ3v) is 7.73. The van der Waals surface area contributed by atoms with Crippen molar-refractivity contribution >= 4 is 35.0 Å². The van der Waals surface area contributed by atoms with Crippen LogP contribution in [0.5, 0.6) is 5.75 Å². The molecule has 0 unspecified atom stereocenters. The van der Waals surface area contributed by atoms with Gasteiger partial charge in [-0.3, -0.25) is 9.59 Å². The Bertz CT molecular complexity index is 1260. The highest BCUT2D eigenvalue weighted by Crippen LogP contribution is 2.25. The van der Waals surface area contributed by atoms with Gasteiger partial charge in [-0.25, -0.2) is 0 Å². The zero-order valence-electron chi connectivity index (χ0n) is 21.9. The van der Waals surface area contributed by atoms with E-state index in [9.17, 15) is 9.59 Å². The van der Waals surface area contributed by atoms with Gasteiger partial charge in [-0.1, -0.05) is 90.1 Å². The van der Waals surface area contributed by atoms with Crippen molar-refractivity contribution < 1.29 is 14.3 Å². The Morgan fingerprint density at radius 3 is 2.37 bits per heavy atom. The van der Waals surface area contributed by atoms with E-state index in [4.69, 9.17) is 27.9 Å². The van der Waals surface area contributed by atoms with Gasteiger partial charge >= 0.3 is 0 Å². The predicted molar refractivity (Wildman–Crippen MR) is 153 cm³/mol. The number of benzene rings is 3. The number of halogens is 2. The van der Waals surface area contributed by atoms with E-state index in [-0.39, 0.29) is 31.0 Å². The maximum atomic E-state index is 13.8. The molecule has 1 fully saturated rings. The topological polar surface area (TPSA) is 58.6 Å². The molecule has 0 saturated heterocycles. The molecule has 4 rings (SSSR count). The number of carbonyl (C=O) groups is 2. The average molecular weight is 554 g/mol. The van der Waals surface area contributed by atoms with Crippen molar-refractivity contribution in [2.75, 3.05) is 6.61 Å². The summed E-state index contributed by atoms with van der Waals surface area (Å²) in [6.45, 7) is 3.97. The fourth-order valence-electron chi connectivity index (χ4n) is 4.94. The number of nitrogens with one attached hydrogen (secondary N) is 1. The minimum atomic E-state index is -0.720. The van der Waals surface area contributed by atoms with E-state index >= 15 is 0 Å². The molecule has 3 aromatic carbocycles. The first kappa shape index (κ1) is 28.0. The zero-order chi connectivity index (χ0) is 27.1. The highest BCUT2D eigenvalue weighted by Gasteiger charge is 2.32. The molecule has 2 amide bonds. The standard InChI is InChI=1S/C31H34Cl2N2O3/c1-21-12-15-29(22(2)16-21)38-20-30(36)35(19-24-13-14-26(32)27(33)17-24)28(18-23-8-4-3-5-9-23)31(37)34-25-10-6-7-11-25/h3-5,8-9,12-17,25,28H,6-7,10-11,18-20H2,1-2H3,(H,34,37)/t28-/m0/s1. The maximum Gasteiger partial charge on any atom is 0.261 e. The summed E-state index contributed by atoms with van der Waals surface area (Å²) in [5, 5.41) is 4.05. The molecule has 0 heterocycles. The van der Waals surface area contributed by atoms with Crippen molar-refractivity contribution in [3.8, 4) is 5.75 Å². The Labute approximate surface area is 235 Å². The van der Waals surface area contributed by atoms with Crippen LogP contribution in [0.1, 0.15) is 47.9 Å². The van der Waals surface area contributed by atoms with Crippen molar-refractivity contribution in [2.24, 2.45) is 0 Å². The van der Waals surface area contributed by atoms with E-state index < -0.39 is 6.04 Å². The van der Waals surface area contributed by atoms with Gasteiger partial charge in [0.1, 0.15) is 11.8 Å². The summed E-state index contributed by atoms with van der Waals surface area (Å²) < 4.78 is 5.96. The van der Waals surface area contributed by atoms with E-state index in [1.54, 1.807) is 17.0 Å². The van der Waals surface area contributed by atoms with Gasteiger partial charge < -0.3 is 15.0 Å². The third-order valence-electron chi connectivity index (χ3n) is 6.99. The second-order valence-electron chi connectivity index (χ2n) is 10.0. The molecular weight excluding hydrogens is 519 g/mol. The minimum Gasteiger partial charge on any atom is -0.483 e. The van der Waals surface area contributed by atoms with Gasteiger partial charge in [0.05, 0.1) is 10.0 Å². The average Bonchev–Trinajstić information content (AvgIpc) is 3.41. The first-order valence-corrected chi connectivity index (χ1v) is 13.8. The summed E-state index contributed by atoms with van der Waals surface area (Å²) in [6.07, 6.45) is 4.50. The molecule has 0 bridgehead atoms. The summed E-state index contributed by atoms with van der Waals surface area (Å²) in [6, 6.07) is 20.3. The van der Waals surface area contributed by atoms with Crippen LogP contribution in [-0.4, -0.2) is 35.4 Å². The fourth-order valence-corrected chi connectivity index (χ4v) is 5.26. The number of aryl methyl sites for hydroxylation is 2. The van der Waals surface area contributed by atoms with Gasteiger partial charge in [-0.05, 0) is 61.6 Å². The van der Waals surface area contributed by atoms with Crippen LogP contribution < -0.4 is 10.1 Å². The smallest absolute Gasteiger partial charge is 0.261 e. The molecule has 1 atom stereocenters. The van der Waals surface area contributed by atoms with Crippen LogP contribution in [0.25, 0.3) is 0 Å². The summed E-state index contributed by atoms with van der Waals surface area (Å²) in [4.78, 5) is 29.1. The molecule has 1 aliphatic rings. The van der Waals surface area contributed by atoms with Crippen LogP contribution in [0.4, 0.5) is 0 Å². The van der Waals surface area contributed by atoms with Gasteiger partial charge in [0.25, 0.3) is 5.91 Å². The molecule has 0 aromatic heterocycles. The molecular formula is C31H34Cl2N2O3. The van der Waals surface area contributed by atoms with Gasteiger partial charge in [-0.15, -0.1) is 0 Å². The van der Waals surface area contributed by atoms with Gasteiger partial charge in [0, 0.05) is 19.0 Å². The molecule has 1 N–H and O–H groups in total. The molecule has 0 radical (unpaired) electrons. The van der Waals surface area contributed by atoms with E-state index in [1.165, 1.54) is 0 Å². The molecule has 3 aromatic rings. The summed E-state index contributed by atoms with van der Waals surface area (Å²) in [7, 11) is 0. The Morgan fingerprint density at radius 1 is 0.947 bits per heavy atom. The lowest BCUT2D eigenvalue weighted by molar-refractivity contribution is -0.143. The lowest BCUT2D eigenvalue weighted by Gasteiger charge is -2.32. The largest absolute Gasteiger partial charge is 0.483 e. The normalized spacial score (nSPS) is 14.2. The number of carbonyl (C=O) groups excluding carboxylic acids is 2. The Hall–Kier alpha value is -3.02. The summed E-state index contributed by atoms with van der Waals surface area (Å²) in [5.74, 6) is 0.215. The SMILES string of the molecule is Cc1ccc(OCC(=O)N(Cc2ccc(Cl)c(Cl)c2)[C@@H](Cc2ccccc2)C(=O)NC2CCCC2)c(C)c1. The highest BCUT2D eigenvalue weighted by molar-refractivity contribution is 6.42. The van der Waals surface area contributed by atoms with Gasteiger partial charge in [-0.2, -0.15) is 0 Å². The Morgan fingerprint density at radius 2 is 1.68 bits per heavy atom. The highest BCUT2D eigenvalue weighted by atomic mass is 35.5. The lowest BCUT2D eigenvalue weighted by Crippen LogP contribution is -2.53. The zero-order valence-corrected chi connectivity index (χ0v) is 23.4. The second kappa shape index (κ2) is 13.2. The fraction of sp³-hybridized carbons (Fsp3) is 0.355. The number of ether oxygens (including phenoxy) is 1. The quantitative estimate of drug-likeness (QED) is 0.305. The van der Waals surface area contributed by atoms with E-state index in [1.807, 2.05) is 68.4 Å². The molecule has 5 nitrogen and oxygen atoms in total. The van der Waals surface area contributed by atoms with Crippen molar-refractivity contribution in [3.05, 3.63) is 99.0 Å². The number of nitrogens with zero attached hydrogens (tertiary/aromatic N) is 1. The van der Waals surface area contributed by atoms with Crippen molar-refractivity contribution in [2.45, 2.75) is 64.6 Å². The van der Waals surface area contributed by atoms with Crippen LogP contribution in [0, 0.1) is 13.8 Å². The Balaban J connectivity index is 1.63.